The van der Waals surface area contributed by atoms with Gasteiger partial charge >= 0.3 is 0 Å². The van der Waals surface area contributed by atoms with Crippen LogP contribution in [0.1, 0.15) is 0 Å². The summed E-state index contributed by atoms with van der Waals surface area (Å²) in [5.74, 6) is 0.0974. The average molecular weight is 389 g/mol. The van der Waals surface area contributed by atoms with Crippen molar-refractivity contribution in [1.82, 2.24) is 4.98 Å². The van der Waals surface area contributed by atoms with Gasteiger partial charge in [-0.15, -0.1) is 0 Å². The van der Waals surface area contributed by atoms with Crippen LogP contribution in [-0.4, -0.2) is 15.2 Å². The molecular formula is C27H19NO2. The van der Waals surface area contributed by atoms with Crippen molar-refractivity contribution in [3.8, 4) is 44.9 Å². The van der Waals surface area contributed by atoms with E-state index in [2.05, 4.69) is 41.4 Å². The molecule has 0 aliphatic rings. The molecule has 4 aromatic carbocycles. The molecule has 0 spiro atoms. The van der Waals surface area contributed by atoms with Crippen LogP contribution in [-0.2, 0) is 0 Å². The Kier molecular flexibility index (Phi) is 4.41. The van der Waals surface area contributed by atoms with Gasteiger partial charge in [-0.2, -0.15) is 0 Å². The van der Waals surface area contributed by atoms with E-state index >= 15 is 0 Å². The molecule has 2 N–H and O–H groups in total. The van der Waals surface area contributed by atoms with Crippen molar-refractivity contribution in [2.24, 2.45) is 0 Å². The molecule has 3 nitrogen and oxygen atoms in total. The van der Waals surface area contributed by atoms with Gasteiger partial charge < -0.3 is 10.2 Å². The van der Waals surface area contributed by atoms with Crippen molar-refractivity contribution < 1.29 is 10.2 Å². The second kappa shape index (κ2) is 7.37. The highest BCUT2D eigenvalue weighted by molar-refractivity contribution is 5.95. The van der Waals surface area contributed by atoms with Crippen molar-refractivity contribution in [3.05, 3.63) is 103 Å². The number of aromatic nitrogens is 1. The lowest BCUT2D eigenvalue weighted by atomic mass is 9.97. The van der Waals surface area contributed by atoms with Gasteiger partial charge in [-0.1, -0.05) is 72.8 Å². The van der Waals surface area contributed by atoms with E-state index in [-0.39, 0.29) is 11.5 Å². The van der Waals surface area contributed by atoms with Crippen LogP contribution in [0.5, 0.6) is 11.5 Å². The third-order valence-electron chi connectivity index (χ3n) is 5.32. The first-order valence-electron chi connectivity index (χ1n) is 9.74. The number of hydrogen-bond acceptors (Lipinski definition) is 3. The molecule has 0 bridgehead atoms. The minimum Gasteiger partial charge on any atom is -0.508 e. The zero-order chi connectivity index (χ0) is 20.5. The third kappa shape index (κ3) is 3.38. The molecule has 0 radical (unpaired) electrons. The number of nitrogens with zero attached hydrogens (tertiary/aromatic N) is 1. The van der Waals surface area contributed by atoms with Crippen LogP contribution in [0.15, 0.2) is 103 Å². The fourth-order valence-electron chi connectivity index (χ4n) is 3.81. The molecule has 0 fully saturated rings. The number of benzene rings is 4. The summed E-state index contributed by atoms with van der Waals surface area (Å²) < 4.78 is 0. The predicted octanol–water partition coefficient (Wildman–Crippen LogP) is 6.65. The molecule has 144 valence electrons. The maximum Gasteiger partial charge on any atom is 0.119 e. The Morgan fingerprint density at radius 1 is 0.500 bits per heavy atom. The lowest BCUT2D eigenvalue weighted by molar-refractivity contribution is 0.451. The summed E-state index contributed by atoms with van der Waals surface area (Å²) in [6, 6.07) is 29.4. The zero-order valence-electron chi connectivity index (χ0n) is 16.2. The number of phenols is 2. The smallest absolute Gasteiger partial charge is 0.119 e. The van der Waals surface area contributed by atoms with Gasteiger partial charge in [0.05, 0.1) is 0 Å². The molecule has 0 unspecified atom stereocenters. The lowest BCUT2D eigenvalue weighted by Crippen LogP contribution is -1.85. The second-order valence-electron chi connectivity index (χ2n) is 7.30. The molecule has 0 saturated heterocycles. The number of hydrogen-bond donors (Lipinski definition) is 2. The highest BCUT2D eigenvalue weighted by Crippen LogP contribution is 2.32. The molecule has 0 amide bonds. The Bertz CT molecular complexity index is 1310. The summed E-state index contributed by atoms with van der Waals surface area (Å²) in [5.41, 5.74) is 6.19. The molecule has 1 heterocycles. The van der Waals surface area contributed by atoms with Crippen molar-refractivity contribution in [1.29, 1.82) is 0 Å². The number of phenolic OH excluding ortho intramolecular Hbond substituents is 2. The number of fused-ring (bicyclic) bond motifs is 1. The van der Waals surface area contributed by atoms with Gasteiger partial charge in [-0.3, -0.25) is 4.98 Å². The van der Waals surface area contributed by atoms with Crippen LogP contribution in [0, 0.1) is 0 Å². The fraction of sp³-hybridized carbons (Fsp3) is 0. The first-order valence-corrected chi connectivity index (χ1v) is 9.74. The van der Waals surface area contributed by atoms with Crippen LogP contribution >= 0.6 is 0 Å². The summed E-state index contributed by atoms with van der Waals surface area (Å²) in [6.45, 7) is 0. The SMILES string of the molecule is Oc1cc(O)cc(-c2ccc(-c3ccc(-c4cncc5ccccc45)cc3)cc2)c1. The standard InChI is InChI=1S/C27H19NO2/c29-24-13-23(14-25(30)15-24)20-7-5-18(6-8-20)19-9-11-21(12-10-19)27-17-28-16-22-3-1-2-4-26(22)27/h1-17,29-30H. The molecule has 5 rings (SSSR count). The highest BCUT2D eigenvalue weighted by Gasteiger charge is 2.06. The summed E-state index contributed by atoms with van der Waals surface area (Å²) >= 11 is 0. The van der Waals surface area contributed by atoms with E-state index < -0.39 is 0 Å². The average Bonchev–Trinajstić information content (AvgIpc) is 2.78. The molecule has 3 heteroatoms. The van der Waals surface area contributed by atoms with E-state index in [0.717, 1.165) is 38.8 Å². The summed E-state index contributed by atoms with van der Waals surface area (Å²) in [4.78, 5) is 4.39. The first kappa shape index (κ1) is 18.0. The van der Waals surface area contributed by atoms with Crippen molar-refractivity contribution in [2.45, 2.75) is 0 Å². The normalized spacial score (nSPS) is 10.9. The molecule has 0 aliphatic carbocycles. The van der Waals surface area contributed by atoms with Crippen LogP contribution in [0.25, 0.3) is 44.2 Å². The van der Waals surface area contributed by atoms with E-state index in [1.54, 1.807) is 12.1 Å². The molecule has 0 atom stereocenters. The zero-order valence-corrected chi connectivity index (χ0v) is 16.2. The Morgan fingerprint density at radius 3 is 1.67 bits per heavy atom. The highest BCUT2D eigenvalue weighted by atomic mass is 16.3. The van der Waals surface area contributed by atoms with E-state index in [0.29, 0.717) is 0 Å². The molecular weight excluding hydrogens is 370 g/mol. The second-order valence-corrected chi connectivity index (χ2v) is 7.30. The Hall–Kier alpha value is -4.11. The molecule has 1 aromatic heterocycles. The third-order valence-corrected chi connectivity index (χ3v) is 5.32. The monoisotopic (exact) mass is 389 g/mol. The minimum absolute atomic E-state index is 0.0487. The number of pyridine rings is 1. The maximum atomic E-state index is 9.71. The minimum atomic E-state index is 0.0487. The van der Waals surface area contributed by atoms with Gasteiger partial charge in [0.15, 0.2) is 0 Å². The van der Waals surface area contributed by atoms with Crippen molar-refractivity contribution in [3.63, 3.8) is 0 Å². The predicted molar refractivity (Wildman–Crippen MR) is 121 cm³/mol. The summed E-state index contributed by atoms with van der Waals surface area (Å²) in [6.07, 6.45) is 3.80. The van der Waals surface area contributed by atoms with Gasteiger partial charge in [0.2, 0.25) is 0 Å². The maximum absolute atomic E-state index is 9.71. The number of rotatable bonds is 3. The first-order chi connectivity index (χ1) is 14.7. The quantitative estimate of drug-likeness (QED) is 0.363. The largest absolute Gasteiger partial charge is 0.508 e. The number of aromatic hydroxyl groups is 2. The van der Waals surface area contributed by atoms with Crippen LogP contribution in [0.2, 0.25) is 0 Å². The van der Waals surface area contributed by atoms with Crippen molar-refractivity contribution >= 4 is 10.8 Å². The van der Waals surface area contributed by atoms with Crippen LogP contribution in [0.4, 0.5) is 0 Å². The summed E-state index contributed by atoms with van der Waals surface area (Å²) in [7, 11) is 0. The topological polar surface area (TPSA) is 53.4 Å². The van der Waals surface area contributed by atoms with Crippen LogP contribution < -0.4 is 0 Å². The van der Waals surface area contributed by atoms with Gasteiger partial charge in [0, 0.05) is 29.4 Å². The van der Waals surface area contributed by atoms with E-state index in [4.69, 9.17) is 0 Å². The lowest BCUT2D eigenvalue weighted by Gasteiger charge is -2.09. The summed E-state index contributed by atoms with van der Waals surface area (Å²) in [5, 5.41) is 21.7. The Labute approximate surface area is 174 Å². The molecule has 30 heavy (non-hydrogen) atoms. The fourth-order valence-corrected chi connectivity index (χ4v) is 3.81. The van der Waals surface area contributed by atoms with Crippen LogP contribution in [0.3, 0.4) is 0 Å². The Morgan fingerprint density at radius 2 is 1.03 bits per heavy atom. The molecule has 0 saturated carbocycles. The van der Waals surface area contributed by atoms with Crippen molar-refractivity contribution in [2.75, 3.05) is 0 Å². The van der Waals surface area contributed by atoms with E-state index in [1.165, 1.54) is 11.5 Å². The molecule has 0 aliphatic heterocycles. The Balaban J connectivity index is 1.45. The van der Waals surface area contributed by atoms with Gasteiger partial charge in [-0.25, -0.2) is 0 Å². The van der Waals surface area contributed by atoms with E-state index in [9.17, 15) is 10.2 Å². The van der Waals surface area contributed by atoms with Gasteiger partial charge in [-0.05, 0) is 45.3 Å². The van der Waals surface area contributed by atoms with E-state index in [1.807, 2.05) is 48.8 Å². The van der Waals surface area contributed by atoms with Gasteiger partial charge in [0.1, 0.15) is 11.5 Å². The molecule has 5 aromatic rings. The van der Waals surface area contributed by atoms with Gasteiger partial charge in [0.25, 0.3) is 0 Å².